The first-order valence-electron chi connectivity index (χ1n) is 10.7. The highest BCUT2D eigenvalue weighted by molar-refractivity contribution is 5.99. The monoisotopic (exact) mass is 438 g/mol. The van der Waals surface area contributed by atoms with Gasteiger partial charge in [0.15, 0.2) is 5.82 Å². The molecule has 0 radical (unpaired) electrons. The Morgan fingerprint density at radius 3 is 2.27 bits per heavy atom. The molecular weight excluding hydrogens is 412 g/mol. The van der Waals surface area contributed by atoms with Crippen molar-refractivity contribution in [3.05, 3.63) is 102 Å². The van der Waals surface area contributed by atoms with Gasteiger partial charge in [-0.05, 0) is 54.4 Å². The molecule has 0 bridgehead atoms. The van der Waals surface area contributed by atoms with Crippen molar-refractivity contribution in [3.8, 4) is 22.8 Å². The molecule has 0 unspecified atom stereocenters. The van der Waals surface area contributed by atoms with E-state index in [0.717, 1.165) is 45.2 Å². The Morgan fingerprint density at radius 1 is 0.818 bits per heavy atom. The van der Waals surface area contributed by atoms with E-state index < -0.39 is 0 Å². The van der Waals surface area contributed by atoms with Crippen molar-refractivity contribution in [2.45, 2.75) is 13.3 Å². The number of benzene rings is 3. The molecular formula is C27H26N4O2. The molecule has 0 fully saturated rings. The zero-order chi connectivity index (χ0) is 23.0. The molecule has 0 saturated heterocycles. The van der Waals surface area contributed by atoms with Gasteiger partial charge in [-0.3, -0.25) is 5.43 Å². The van der Waals surface area contributed by atoms with E-state index in [1.807, 2.05) is 85.8 Å². The normalized spacial score (nSPS) is 11.2. The summed E-state index contributed by atoms with van der Waals surface area (Å²) >= 11 is 0. The fourth-order valence-electron chi connectivity index (χ4n) is 3.50. The Morgan fingerprint density at radius 2 is 1.55 bits per heavy atom. The molecule has 4 rings (SSSR count). The standard InChI is InChI=1S/C27H26N4O2/c1-19(20-9-5-4-6-10-20)28-30-27-23(17-22-11-7-8-12-26(22)33-3)18-25(29-31-27)21-13-15-24(32-2)16-14-21/h4-16,18H,17H2,1-3H3,(H,30,31)/b28-19-. The summed E-state index contributed by atoms with van der Waals surface area (Å²) < 4.78 is 10.8. The van der Waals surface area contributed by atoms with Gasteiger partial charge in [0.05, 0.1) is 25.6 Å². The molecule has 6 nitrogen and oxygen atoms in total. The summed E-state index contributed by atoms with van der Waals surface area (Å²) in [7, 11) is 3.33. The van der Waals surface area contributed by atoms with Gasteiger partial charge < -0.3 is 9.47 Å². The van der Waals surface area contributed by atoms with E-state index in [1.165, 1.54) is 0 Å². The molecule has 0 saturated carbocycles. The van der Waals surface area contributed by atoms with Crippen molar-refractivity contribution >= 4 is 11.5 Å². The molecule has 33 heavy (non-hydrogen) atoms. The Balaban J connectivity index is 1.69. The van der Waals surface area contributed by atoms with Crippen LogP contribution in [0.25, 0.3) is 11.3 Å². The molecule has 1 heterocycles. The predicted octanol–water partition coefficient (Wildman–Crippen LogP) is 5.59. The topological polar surface area (TPSA) is 68.6 Å². The largest absolute Gasteiger partial charge is 0.497 e. The second-order valence-electron chi connectivity index (χ2n) is 7.50. The first-order valence-corrected chi connectivity index (χ1v) is 10.7. The van der Waals surface area contributed by atoms with Crippen molar-refractivity contribution in [3.63, 3.8) is 0 Å². The summed E-state index contributed by atoms with van der Waals surface area (Å²) in [4.78, 5) is 0. The van der Waals surface area contributed by atoms with Gasteiger partial charge in [0.2, 0.25) is 0 Å². The van der Waals surface area contributed by atoms with Crippen molar-refractivity contribution in [2.75, 3.05) is 19.6 Å². The fourth-order valence-corrected chi connectivity index (χ4v) is 3.50. The van der Waals surface area contributed by atoms with Gasteiger partial charge in [-0.25, -0.2) is 0 Å². The van der Waals surface area contributed by atoms with Crippen molar-refractivity contribution < 1.29 is 9.47 Å². The van der Waals surface area contributed by atoms with Crippen molar-refractivity contribution in [1.82, 2.24) is 10.2 Å². The van der Waals surface area contributed by atoms with Crippen LogP contribution in [0.3, 0.4) is 0 Å². The number of hydrogen-bond acceptors (Lipinski definition) is 6. The number of aromatic nitrogens is 2. The Bertz CT molecular complexity index is 1240. The average molecular weight is 439 g/mol. The van der Waals surface area contributed by atoms with Gasteiger partial charge in [-0.15, -0.1) is 10.2 Å². The highest BCUT2D eigenvalue weighted by Gasteiger charge is 2.12. The third-order valence-corrected chi connectivity index (χ3v) is 5.35. The van der Waals surface area contributed by atoms with E-state index in [1.54, 1.807) is 14.2 Å². The van der Waals surface area contributed by atoms with E-state index in [-0.39, 0.29) is 0 Å². The molecule has 3 aromatic carbocycles. The number of hydrazone groups is 1. The maximum atomic E-state index is 5.56. The second-order valence-corrected chi connectivity index (χ2v) is 7.50. The Labute approximate surface area is 193 Å². The molecule has 0 aliphatic carbocycles. The van der Waals surface area contributed by atoms with Crippen LogP contribution in [0.1, 0.15) is 23.6 Å². The lowest BCUT2D eigenvalue weighted by Gasteiger charge is -2.13. The van der Waals surface area contributed by atoms with Gasteiger partial charge >= 0.3 is 0 Å². The van der Waals surface area contributed by atoms with E-state index >= 15 is 0 Å². The maximum Gasteiger partial charge on any atom is 0.172 e. The van der Waals surface area contributed by atoms with Crippen LogP contribution in [-0.4, -0.2) is 30.1 Å². The molecule has 4 aromatic rings. The average Bonchev–Trinajstić information content (AvgIpc) is 2.88. The number of nitrogens with zero attached hydrogens (tertiary/aromatic N) is 3. The summed E-state index contributed by atoms with van der Waals surface area (Å²) in [5.74, 6) is 2.23. The highest BCUT2D eigenvalue weighted by atomic mass is 16.5. The number of nitrogens with one attached hydrogen (secondary N) is 1. The number of para-hydroxylation sites is 1. The van der Waals surface area contributed by atoms with Crippen LogP contribution < -0.4 is 14.9 Å². The predicted molar refractivity (Wildman–Crippen MR) is 132 cm³/mol. The van der Waals surface area contributed by atoms with Gasteiger partial charge in [-0.1, -0.05) is 48.5 Å². The minimum Gasteiger partial charge on any atom is -0.497 e. The van der Waals surface area contributed by atoms with E-state index in [9.17, 15) is 0 Å². The van der Waals surface area contributed by atoms with Crippen LogP contribution in [0, 0.1) is 0 Å². The van der Waals surface area contributed by atoms with Crippen LogP contribution in [0.4, 0.5) is 5.82 Å². The first-order chi connectivity index (χ1) is 16.2. The Kier molecular flexibility index (Phi) is 6.95. The highest BCUT2D eigenvalue weighted by Crippen LogP contribution is 2.27. The molecule has 1 N–H and O–H groups in total. The maximum absolute atomic E-state index is 5.56. The van der Waals surface area contributed by atoms with Crippen LogP contribution in [0.2, 0.25) is 0 Å². The molecule has 0 aliphatic rings. The zero-order valence-corrected chi connectivity index (χ0v) is 18.9. The van der Waals surface area contributed by atoms with E-state index in [2.05, 4.69) is 26.8 Å². The van der Waals surface area contributed by atoms with E-state index in [4.69, 9.17) is 9.47 Å². The second kappa shape index (κ2) is 10.4. The quantitative estimate of drug-likeness (QED) is 0.287. The molecule has 0 atom stereocenters. The van der Waals surface area contributed by atoms with Crippen LogP contribution in [0.15, 0.2) is 90.0 Å². The molecule has 0 amide bonds. The van der Waals surface area contributed by atoms with Gasteiger partial charge in [-0.2, -0.15) is 5.10 Å². The summed E-state index contributed by atoms with van der Waals surface area (Å²) in [6.45, 7) is 1.96. The van der Waals surface area contributed by atoms with Crippen LogP contribution in [0.5, 0.6) is 11.5 Å². The Hall–Kier alpha value is -4.19. The molecule has 0 spiro atoms. The summed E-state index contributed by atoms with van der Waals surface area (Å²) in [5, 5.41) is 13.5. The molecule has 166 valence electrons. The zero-order valence-electron chi connectivity index (χ0n) is 18.9. The van der Waals surface area contributed by atoms with Crippen molar-refractivity contribution in [1.29, 1.82) is 0 Å². The summed E-state index contributed by atoms with van der Waals surface area (Å²) in [6, 6.07) is 27.8. The number of ether oxygens (including phenoxy) is 2. The third-order valence-electron chi connectivity index (χ3n) is 5.35. The fraction of sp³-hybridized carbons (Fsp3) is 0.148. The van der Waals surface area contributed by atoms with Gasteiger partial charge in [0.1, 0.15) is 11.5 Å². The minimum atomic E-state index is 0.605. The number of anilines is 1. The van der Waals surface area contributed by atoms with Crippen LogP contribution >= 0.6 is 0 Å². The number of methoxy groups -OCH3 is 2. The van der Waals surface area contributed by atoms with E-state index in [0.29, 0.717) is 12.2 Å². The molecule has 6 heteroatoms. The third kappa shape index (κ3) is 5.36. The number of rotatable bonds is 8. The lowest BCUT2D eigenvalue weighted by atomic mass is 10.0. The SMILES string of the molecule is COc1ccc(-c2cc(Cc3ccccc3OC)c(N/N=C(/C)c3ccccc3)nn2)cc1. The minimum absolute atomic E-state index is 0.605. The molecule has 1 aromatic heterocycles. The smallest absolute Gasteiger partial charge is 0.172 e. The molecule has 0 aliphatic heterocycles. The summed E-state index contributed by atoms with van der Waals surface area (Å²) in [6.07, 6.45) is 0.616. The lowest BCUT2D eigenvalue weighted by molar-refractivity contribution is 0.410. The lowest BCUT2D eigenvalue weighted by Crippen LogP contribution is -2.06. The van der Waals surface area contributed by atoms with Gasteiger partial charge in [0, 0.05) is 17.5 Å². The number of hydrogen-bond donors (Lipinski definition) is 1. The van der Waals surface area contributed by atoms with Gasteiger partial charge in [0.25, 0.3) is 0 Å². The summed E-state index contributed by atoms with van der Waals surface area (Å²) in [5.41, 5.74) is 8.77. The van der Waals surface area contributed by atoms with Crippen molar-refractivity contribution in [2.24, 2.45) is 5.10 Å². The first kappa shape index (κ1) is 22.0. The van der Waals surface area contributed by atoms with Crippen LogP contribution in [-0.2, 0) is 6.42 Å².